The first kappa shape index (κ1) is 15.1. The molecule has 0 aromatic heterocycles. The molecule has 2 aliphatic rings. The highest BCUT2D eigenvalue weighted by Crippen LogP contribution is 2.33. The zero-order chi connectivity index (χ0) is 14.7. The maximum absolute atomic E-state index is 3.61. The van der Waals surface area contributed by atoms with Gasteiger partial charge in [-0.15, -0.1) is 0 Å². The van der Waals surface area contributed by atoms with Crippen LogP contribution in [0.2, 0.25) is 0 Å². The Bertz CT molecular complexity index is 451. The number of nitrogens with zero attached hydrogens (tertiary/aromatic N) is 1. The lowest BCUT2D eigenvalue weighted by Gasteiger charge is -2.35. The minimum atomic E-state index is 0.482. The lowest BCUT2D eigenvalue weighted by molar-refractivity contribution is 0.162. The molecule has 116 valence electrons. The largest absolute Gasteiger partial charge is 0.312 e. The van der Waals surface area contributed by atoms with Crippen molar-refractivity contribution in [3.05, 3.63) is 35.4 Å². The molecule has 0 spiro atoms. The molecule has 0 amide bonds. The van der Waals surface area contributed by atoms with Crippen LogP contribution in [-0.2, 0) is 6.42 Å². The molecule has 2 unspecified atom stereocenters. The standard InChI is InChI=1S/C19H30N2/c1-20-19-17-12-6-5-10-16(17)11-7-13-18(19)21(2)14-15-8-3-4-9-15/h5-6,10,12,15,18-20H,3-4,7-9,11,13-14H2,1-2H3. The summed E-state index contributed by atoms with van der Waals surface area (Å²) in [5.41, 5.74) is 3.08. The van der Waals surface area contributed by atoms with Crippen molar-refractivity contribution in [3.63, 3.8) is 0 Å². The van der Waals surface area contributed by atoms with Gasteiger partial charge in [-0.05, 0) is 63.2 Å². The molecule has 0 aliphatic heterocycles. The Morgan fingerprint density at radius 1 is 1.10 bits per heavy atom. The number of likely N-dealkylation sites (N-methyl/N-ethyl adjacent to an activating group) is 2. The van der Waals surface area contributed by atoms with Crippen molar-refractivity contribution in [2.24, 2.45) is 5.92 Å². The van der Waals surface area contributed by atoms with E-state index in [2.05, 4.69) is 48.6 Å². The molecule has 21 heavy (non-hydrogen) atoms. The quantitative estimate of drug-likeness (QED) is 0.848. The summed E-state index contributed by atoms with van der Waals surface area (Å²) in [7, 11) is 4.48. The van der Waals surface area contributed by atoms with Crippen LogP contribution >= 0.6 is 0 Å². The Morgan fingerprint density at radius 3 is 2.62 bits per heavy atom. The molecule has 2 aliphatic carbocycles. The molecule has 2 heteroatoms. The number of hydrogen-bond donors (Lipinski definition) is 1. The van der Waals surface area contributed by atoms with Gasteiger partial charge in [-0.3, -0.25) is 0 Å². The second-order valence-corrected chi connectivity index (χ2v) is 7.01. The molecular formula is C19H30N2. The van der Waals surface area contributed by atoms with Gasteiger partial charge in [0.05, 0.1) is 0 Å². The highest BCUT2D eigenvalue weighted by molar-refractivity contribution is 5.32. The summed E-state index contributed by atoms with van der Waals surface area (Å²) in [6.45, 7) is 1.28. The zero-order valence-electron chi connectivity index (χ0n) is 13.6. The Morgan fingerprint density at radius 2 is 1.86 bits per heavy atom. The first-order valence-electron chi connectivity index (χ1n) is 8.75. The highest BCUT2D eigenvalue weighted by atomic mass is 15.2. The molecule has 1 aromatic rings. The van der Waals surface area contributed by atoms with Crippen LogP contribution in [0.5, 0.6) is 0 Å². The van der Waals surface area contributed by atoms with E-state index in [0.29, 0.717) is 12.1 Å². The van der Waals surface area contributed by atoms with Gasteiger partial charge in [0.15, 0.2) is 0 Å². The second-order valence-electron chi connectivity index (χ2n) is 7.01. The molecular weight excluding hydrogens is 256 g/mol. The van der Waals surface area contributed by atoms with Crippen molar-refractivity contribution >= 4 is 0 Å². The van der Waals surface area contributed by atoms with Gasteiger partial charge >= 0.3 is 0 Å². The van der Waals surface area contributed by atoms with Crippen LogP contribution in [0.3, 0.4) is 0 Å². The summed E-state index contributed by atoms with van der Waals surface area (Å²) in [6, 6.07) is 10.2. The van der Waals surface area contributed by atoms with Crippen molar-refractivity contribution < 1.29 is 0 Å². The molecule has 2 nitrogen and oxygen atoms in total. The zero-order valence-corrected chi connectivity index (χ0v) is 13.6. The fourth-order valence-electron chi connectivity index (χ4n) is 4.50. The van der Waals surface area contributed by atoms with Gasteiger partial charge in [-0.25, -0.2) is 0 Å². The van der Waals surface area contributed by atoms with Crippen LogP contribution in [0.4, 0.5) is 0 Å². The van der Waals surface area contributed by atoms with Crippen LogP contribution in [0.15, 0.2) is 24.3 Å². The minimum absolute atomic E-state index is 0.482. The van der Waals surface area contributed by atoms with Crippen molar-refractivity contribution in [1.82, 2.24) is 10.2 Å². The molecule has 3 rings (SSSR count). The minimum Gasteiger partial charge on any atom is -0.312 e. The number of rotatable bonds is 4. The monoisotopic (exact) mass is 286 g/mol. The summed E-state index contributed by atoms with van der Waals surface area (Å²) < 4.78 is 0. The van der Waals surface area contributed by atoms with Crippen LogP contribution in [0.25, 0.3) is 0 Å². The van der Waals surface area contributed by atoms with Crippen molar-refractivity contribution in [2.75, 3.05) is 20.6 Å². The number of hydrogen-bond acceptors (Lipinski definition) is 2. The van der Waals surface area contributed by atoms with Gasteiger partial charge < -0.3 is 10.2 Å². The maximum Gasteiger partial charge on any atom is 0.0478 e. The normalized spacial score (nSPS) is 26.8. The van der Waals surface area contributed by atoms with E-state index in [1.54, 1.807) is 5.56 Å². The lowest BCUT2D eigenvalue weighted by atomic mass is 9.94. The van der Waals surface area contributed by atoms with Crippen LogP contribution in [-0.4, -0.2) is 31.6 Å². The number of aryl methyl sites for hydroxylation is 1. The molecule has 1 fully saturated rings. The summed E-state index contributed by atoms with van der Waals surface area (Å²) in [5, 5.41) is 3.61. The molecule has 1 saturated carbocycles. The fraction of sp³-hybridized carbons (Fsp3) is 0.684. The Balaban J connectivity index is 1.77. The molecule has 1 aromatic carbocycles. The third-order valence-electron chi connectivity index (χ3n) is 5.62. The Kier molecular flexibility index (Phi) is 4.97. The maximum atomic E-state index is 3.61. The van der Waals surface area contributed by atoms with Gasteiger partial charge in [0.2, 0.25) is 0 Å². The van der Waals surface area contributed by atoms with Crippen molar-refractivity contribution in [2.45, 2.75) is 57.0 Å². The second kappa shape index (κ2) is 6.93. The Hall–Kier alpha value is -0.860. The van der Waals surface area contributed by atoms with Gasteiger partial charge in [0.1, 0.15) is 0 Å². The first-order chi connectivity index (χ1) is 10.3. The Labute approximate surface area is 129 Å². The van der Waals surface area contributed by atoms with E-state index in [4.69, 9.17) is 0 Å². The van der Waals surface area contributed by atoms with E-state index in [9.17, 15) is 0 Å². The summed E-state index contributed by atoms with van der Waals surface area (Å²) >= 11 is 0. The predicted molar refractivity (Wildman–Crippen MR) is 89.6 cm³/mol. The summed E-state index contributed by atoms with van der Waals surface area (Å²) in [4.78, 5) is 2.65. The van der Waals surface area contributed by atoms with Gasteiger partial charge in [0.25, 0.3) is 0 Å². The third-order valence-corrected chi connectivity index (χ3v) is 5.62. The molecule has 0 saturated heterocycles. The van der Waals surface area contributed by atoms with Gasteiger partial charge in [0, 0.05) is 18.6 Å². The first-order valence-corrected chi connectivity index (χ1v) is 8.75. The van der Waals surface area contributed by atoms with Crippen molar-refractivity contribution in [3.8, 4) is 0 Å². The lowest BCUT2D eigenvalue weighted by Crippen LogP contribution is -2.43. The highest BCUT2D eigenvalue weighted by Gasteiger charge is 2.30. The van der Waals surface area contributed by atoms with E-state index in [-0.39, 0.29) is 0 Å². The third kappa shape index (κ3) is 3.32. The molecule has 0 radical (unpaired) electrons. The van der Waals surface area contributed by atoms with Gasteiger partial charge in [-0.2, -0.15) is 0 Å². The number of fused-ring (bicyclic) bond motifs is 1. The van der Waals surface area contributed by atoms with Gasteiger partial charge in [-0.1, -0.05) is 37.1 Å². The summed E-state index contributed by atoms with van der Waals surface area (Å²) in [5.74, 6) is 0.936. The summed E-state index contributed by atoms with van der Waals surface area (Å²) in [6.07, 6.45) is 9.64. The van der Waals surface area contributed by atoms with Crippen LogP contribution in [0, 0.1) is 5.92 Å². The predicted octanol–water partition coefficient (Wildman–Crippen LogP) is 3.77. The average Bonchev–Trinajstić information content (AvgIpc) is 2.92. The van der Waals surface area contributed by atoms with Crippen LogP contribution < -0.4 is 5.32 Å². The fourth-order valence-corrected chi connectivity index (χ4v) is 4.50. The van der Waals surface area contributed by atoms with Crippen LogP contribution in [0.1, 0.15) is 55.7 Å². The van der Waals surface area contributed by atoms with E-state index in [1.807, 2.05) is 0 Å². The van der Waals surface area contributed by atoms with Crippen molar-refractivity contribution in [1.29, 1.82) is 0 Å². The molecule has 1 N–H and O–H groups in total. The van der Waals surface area contributed by atoms with E-state index < -0.39 is 0 Å². The number of benzene rings is 1. The number of nitrogens with one attached hydrogen (secondary N) is 1. The molecule has 0 heterocycles. The topological polar surface area (TPSA) is 15.3 Å². The SMILES string of the molecule is CNC1c2ccccc2CCCC1N(C)CC1CCCC1. The molecule has 2 atom stereocenters. The van der Waals surface area contributed by atoms with E-state index in [0.717, 1.165) is 5.92 Å². The van der Waals surface area contributed by atoms with E-state index in [1.165, 1.54) is 57.1 Å². The smallest absolute Gasteiger partial charge is 0.0478 e. The average molecular weight is 286 g/mol. The molecule has 0 bridgehead atoms. The van der Waals surface area contributed by atoms with E-state index >= 15 is 0 Å².